The highest BCUT2D eigenvalue weighted by Gasteiger charge is 2.06. The van der Waals surface area contributed by atoms with Gasteiger partial charge in [0.05, 0.1) is 0 Å². The summed E-state index contributed by atoms with van der Waals surface area (Å²) >= 11 is 3.34. The van der Waals surface area contributed by atoms with E-state index in [0.29, 0.717) is 17.0 Å². The molecule has 0 aromatic carbocycles. The van der Waals surface area contributed by atoms with E-state index in [1.54, 1.807) is 0 Å². The molecule has 0 aliphatic heterocycles. The Labute approximate surface area is 111 Å². The molecule has 0 amide bonds. The summed E-state index contributed by atoms with van der Waals surface area (Å²) in [4.78, 5) is 8.60. The monoisotopic (exact) mass is 273 g/mol. The molecule has 0 aliphatic rings. The van der Waals surface area contributed by atoms with E-state index in [1.807, 2.05) is 24.1 Å². The Kier molecular flexibility index (Phi) is 6.46. The lowest BCUT2D eigenvalue weighted by atomic mass is 10.2. The Morgan fingerprint density at radius 1 is 1.35 bits per heavy atom. The first kappa shape index (κ1) is 14.4. The summed E-state index contributed by atoms with van der Waals surface area (Å²) in [6, 6.07) is 2.20. The van der Waals surface area contributed by atoms with E-state index in [9.17, 15) is 0 Å². The standard InChI is InChI=1S/C10H19N5S2/c1-7(4-5-16-2)12-8-6-9(15-11)14-10(13-8)17-3/h6-7H,4-5,11H2,1-3H3,(H2,12,13,14,15). The Bertz CT molecular complexity index is 325. The molecule has 1 aromatic rings. The minimum absolute atomic E-state index is 0.387. The van der Waals surface area contributed by atoms with Crippen molar-refractivity contribution in [2.75, 3.05) is 29.0 Å². The van der Waals surface area contributed by atoms with Gasteiger partial charge < -0.3 is 10.7 Å². The number of nitrogen functional groups attached to an aromatic ring is 1. The van der Waals surface area contributed by atoms with Crippen LogP contribution < -0.4 is 16.6 Å². The molecule has 1 aromatic heterocycles. The van der Waals surface area contributed by atoms with Crippen LogP contribution in [0.15, 0.2) is 11.2 Å². The summed E-state index contributed by atoms with van der Waals surface area (Å²) in [5, 5.41) is 4.06. The van der Waals surface area contributed by atoms with Gasteiger partial charge in [-0.2, -0.15) is 11.8 Å². The van der Waals surface area contributed by atoms with Crippen molar-refractivity contribution >= 4 is 35.2 Å². The fraction of sp³-hybridized carbons (Fsp3) is 0.600. The highest BCUT2D eigenvalue weighted by atomic mass is 32.2. The molecule has 7 heteroatoms. The third kappa shape index (κ3) is 5.01. The molecule has 0 radical (unpaired) electrons. The van der Waals surface area contributed by atoms with Crippen LogP contribution >= 0.6 is 23.5 Å². The van der Waals surface area contributed by atoms with Crippen molar-refractivity contribution in [3.8, 4) is 0 Å². The van der Waals surface area contributed by atoms with Gasteiger partial charge in [0.15, 0.2) is 5.16 Å². The predicted octanol–water partition coefficient (Wildman–Crippen LogP) is 2.04. The number of thioether (sulfide) groups is 2. The van der Waals surface area contributed by atoms with Gasteiger partial charge in [-0.15, -0.1) is 0 Å². The van der Waals surface area contributed by atoms with Crippen molar-refractivity contribution in [3.63, 3.8) is 0 Å². The summed E-state index contributed by atoms with van der Waals surface area (Å²) in [6.07, 6.45) is 5.15. The maximum absolute atomic E-state index is 5.37. The molecule has 1 rings (SSSR count). The number of hydrogen-bond donors (Lipinski definition) is 3. The quantitative estimate of drug-likeness (QED) is 0.304. The van der Waals surface area contributed by atoms with Gasteiger partial charge in [0.1, 0.15) is 11.6 Å². The smallest absolute Gasteiger partial charge is 0.191 e. The zero-order valence-corrected chi connectivity index (χ0v) is 12.0. The van der Waals surface area contributed by atoms with Crippen LogP contribution in [0.2, 0.25) is 0 Å². The molecular formula is C10H19N5S2. The van der Waals surface area contributed by atoms with Gasteiger partial charge >= 0.3 is 0 Å². The Morgan fingerprint density at radius 2 is 2.06 bits per heavy atom. The molecular weight excluding hydrogens is 254 g/mol. The van der Waals surface area contributed by atoms with E-state index in [4.69, 9.17) is 5.84 Å². The number of nitrogens with one attached hydrogen (secondary N) is 2. The number of anilines is 2. The maximum Gasteiger partial charge on any atom is 0.191 e. The Balaban J connectivity index is 2.68. The molecule has 17 heavy (non-hydrogen) atoms. The van der Waals surface area contributed by atoms with Crippen LogP contribution in [0, 0.1) is 0 Å². The molecule has 4 N–H and O–H groups in total. The molecule has 5 nitrogen and oxygen atoms in total. The van der Waals surface area contributed by atoms with Gasteiger partial charge in [-0.3, -0.25) is 0 Å². The average Bonchev–Trinajstić information content (AvgIpc) is 2.35. The normalized spacial score (nSPS) is 12.2. The van der Waals surface area contributed by atoms with Crippen molar-refractivity contribution in [2.45, 2.75) is 24.5 Å². The lowest BCUT2D eigenvalue weighted by molar-refractivity contribution is 0.761. The van der Waals surface area contributed by atoms with Gasteiger partial charge in [0, 0.05) is 12.1 Å². The first-order valence-corrected chi connectivity index (χ1v) is 7.96. The molecule has 0 spiro atoms. The zero-order chi connectivity index (χ0) is 12.7. The van der Waals surface area contributed by atoms with Crippen molar-refractivity contribution in [2.24, 2.45) is 5.84 Å². The lowest BCUT2D eigenvalue weighted by Crippen LogP contribution is -2.18. The van der Waals surface area contributed by atoms with Gasteiger partial charge in [-0.05, 0) is 31.6 Å². The number of nitrogens with zero attached hydrogens (tertiary/aromatic N) is 2. The maximum atomic E-state index is 5.37. The highest BCUT2D eigenvalue weighted by Crippen LogP contribution is 2.17. The average molecular weight is 273 g/mol. The first-order chi connectivity index (χ1) is 8.19. The van der Waals surface area contributed by atoms with Crippen LogP contribution in [-0.2, 0) is 0 Å². The molecule has 0 bridgehead atoms. The van der Waals surface area contributed by atoms with E-state index >= 15 is 0 Å². The van der Waals surface area contributed by atoms with Gasteiger partial charge in [-0.1, -0.05) is 11.8 Å². The lowest BCUT2D eigenvalue weighted by Gasteiger charge is -2.14. The van der Waals surface area contributed by atoms with Gasteiger partial charge in [-0.25, -0.2) is 15.8 Å². The number of aromatic nitrogens is 2. The molecule has 0 aliphatic carbocycles. The largest absolute Gasteiger partial charge is 0.367 e. The van der Waals surface area contributed by atoms with E-state index < -0.39 is 0 Å². The second-order valence-electron chi connectivity index (χ2n) is 3.60. The SMILES string of the molecule is CSCCC(C)Nc1cc(NN)nc(SC)n1. The van der Waals surface area contributed by atoms with Crippen molar-refractivity contribution < 1.29 is 0 Å². The van der Waals surface area contributed by atoms with E-state index in [2.05, 4.69) is 33.9 Å². The van der Waals surface area contributed by atoms with E-state index in [0.717, 1.165) is 18.0 Å². The topological polar surface area (TPSA) is 75.9 Å². The summed E-state index contributed by atoms with van der Waals surface area (Å²) in [6.45, 7) is 2.15. The van der Waals surface area contributed by atoms with Crippen LogP contribution in [-0.4, -0.2) is 34.3 Å². The fourth-order valence-corrected chi connectivity index (χ4v) is 2.25. The van der Waals surface area contributed by atoms with Crippen LogP contribution in [0.5, 0.6) is 0 Å². The Hall–Kier alpha value is -0.660. The third-order valence-corrected chi connectivity index (χ3v) is 3.38. The van der Waals surface area contributed by atoms with Crippen LogP contribution in [0.3, 0.4) is 0 Å². The van der Waals surface area contributed by atoms with Crippen molar-refractivity contribution in [1.82, 2.24) is 9.97 Å². The van der Waals surface area contributed by atoms with Crippen LogP contribution in [0.4, 0.5) is 11.6 Å². The van der Waals surface area contributed by atoms with Crippen LogP contribution in [0.25, 0.3) is 0 Å². The second kappa shape index (κ2) is 7.62. The minimum atomic E-state index is 0.387. The summed E-state index contributed by atoms with van der Waals surface area (Å²) in [5.41, 5.74) is 2.55. The predicted molar refractivity (Wildman–Crippen MR) is 77.7 cm³/mol. The van der Waals surface area contributed by atoms with E-state index in [-0.39, 0.29) is 0 Å². The van der Waals surface area contributed by atoms with Crippen LogP contribution in [0.1, 0.15) is 13.3 Å². The molecule has 1 unspecified atom stereocenters. The molecule has 0 fully saturated rings. The van der Waals surface area contributed by atoms with E-state index in [1.165, 1.54) is 11.8 Å². The van der Waals surface area contributed by atoms with Crippen molar-refractivity contribution in [3.05, 3.63) is 6.07 Å². The van der Waals surface area contributed by atoms with Crippen molar-refractivity contribution in [1.29, 1.82) is 0 Å². The third-order valence-electron chi connectivity index (χ3n) is 2.19. The number of hydrogen-bond acceptors (Lipinski definition) is 7. The highest BCUT2D eigenvalue weighted by molar-refractivity contribution is 7.98. The zero-order valence-electron chi connectivity index (χ0n) is 10.4. The molecule has 0 saturated carbocycles. The summed E-state index contributed by atoms with van der Waals surface area (Å²) in [5.74, 6) is 7.95. The Morgan fingerprint density at radius 3 is 2.65 bits per heavy atom. The summed E-state index contributed by atoms with van der Waals surface area (Å²) < 4.78 is 0. The fourth-order valence-electron chi connectivity index (χ4n) is 1.28. The molecule has 1 heterocycles. The first-order valence-electron chi connectivity index (χ1n) is 5.34. The minimum Gasteiger partial charge on any atom is -0.367 e. The number of nitrogens with two attached hydrogens (primary N) is 1. The number of rotatable bonds is 7. The summed E-state index contributed by atoms with van der Waals surface area (Å²) in [7, 11) is 0. The van der Waals surface area contributed by atoms with Gasteiger partial charge in [0.2, 0.25) is 0 Å². The van der Waals surface area contributed by atoms with Gasteiger partial charge in [0.25, 0.3) is 0 Å². The second-order valence-corrected chi connectivity index (χ2v) is 5.36. The number of hydrazine groups is 1. The molecule has 1 atom stereocenters. The molecule has 0 saturated heterocycles. The molecule has 96 valence electrons.